The van der Waals surface area contributed by atoms with E-state index in [-0.39, 0.29) is 52.4 Å². The van der Waals surface area contributed by atoms with Crippen LogP contribution in [0.3, 0.4) is 0 Å². The molecule has 38 heavy (non-hydrogen) atoms. The molecule has 6 N–H and O–H groups in total. The highest BCUT2D eigenvalue weighted by Crippen LogP contribution is 2.21. The van der Waals surface area contributed by atoms with E-state index in [0.717, 1.165) is 24.5 Å². The molecule has 0 fully saturated rings. The molecule has 0 radical (unpaired) electrons. The molecule has 0 saturated carbocycles. The molecule has 0 saturated heterocycles. The average Bonchev–Trinajstić information content (AvgIpc) is 2.80. The summed E-state index contributed by atoms with van der Waals surface area (Å²) in [6.45, 7) is 0.107. The highest BCUT2D eigenvalue weighted by molar-refractivity contribution is 7.88. The Hall–Kier alpha value is -4.19. The van der Waals surface area contributed by atoms with E-state index >= 15 is 0 Å². The first-order valence-corrected chi connectivity index (χ1v) is 14.0. The summed E-state index contributed by atoms with van der Waals surface area (Å²) in [5.41, 5.74) is -0.154. The van der Waals surface area contributed by atoms with Gasteiger partial charge in [0.25, 0.3) is 10.1 Å². The standard InChI is InChI=1S/C21H22N6O9S2/c1-37(32,33)22-8-2-3-17-25-20(23-14-4-6-16(7-5-14)38(34,35)36)27-21(26-17)24-15-10-12(18(28)29)9-13(11-15)19(30)31/h4-7,9-11,22H,2-3,8H2,1H3,(H,28,29)(H,30,31)(H,34,35,36)(H2,23,24,25,26,27). The number of hydrogen-bond acceptors (Lipinski definition) is 11. The van der Waals surface area contributed by atoms with E-state index < -0.39 is 32.1 Å². The Balaban J connectivity index is 1.93. The fourth-order valence-corrected chi connectivity index (χ4v) is 4.06. The van der Waals surface area contributed by atoms with Crippen LogP contribution < -0.4 is 15.4 Å². The number of sulfonamides is 1. The van der Waals surface area contributed by atoms with Gasteiger partial charge in [0.2, 0.25) is 21.9 Å². The summed E-state index contributed by atoms with van der Waals surface area (Å²) in [5, 5.41) is 24.2. The molecule has 0 aliphatic rings. The zero-order valence-electron chi connectivity index (χ0n) is 19.6. The molecule has 0 atom stereocenters. The quantitative estimate of drug-likeness (QED) is 0.134. The van der Waals surface area contributed by atoms with Gasteiger partial charge in [-0.05, 0) is 48.9 Å². The molecule has 3 aromatic rings. The van der Waals surface area contributed by atoms with E-state index in [9.17, 15) is 36.6 Å². The first kappa shape index (κ1) is 28.4. The number of nitrogens with one attached hydrogen (secondary N) is 3. The number of benzene rings is 2. The van der Waals surface area contributed by atoms with Crippen LogP contribution in [-0.4, -0.2) is 71.3 Å². The van der Waals surface area contributed by atoms with Crippen molar-refractivity contribution in [3.05, 3.63) is 59.4 Å². The van der Waals surface area contributed by atoms with Crippen LogP contribution in [0.25, 0.3) is 0 Å². The van der Waals surface area contributed by atoms with Crippen molar-refractivity contribution in [1.82, 2.24) is 19.7 Å². The minimum absolute atomic E-state index is 0.0129. The summed E-state index contributed by atoms with van der Waals surface area (Å²) >= 11 is 0. The lowest BCUT2D eigenvalue weighted by molar-refractivity contribution is 0.0696. The number of carboxylic acids is 2. The number of hydrogen-bond donors (Lipinski definition) is 6. The van der Waals surface area contributed by atoms with Crippen LogP contribution in [0, 0.1) is 0 Å². The van der Waals surface area contributed by atoms with Gasteiger partial charge in [-0.25, -0.2) is 22.7 Å². The second-order valence-corrected chi connectivity index (χ2v) is 11.1. The Morgan fingerprint density at radius 2 is 1.34 bits per heavy atom. The molecule has 0 unspecified atom stereocenters. The number of aromatic nitrogens is 3. The SMILES string of the molecule is CS(=O)(=O)NCCCc1nc(Nc2ccc(S(=O)(=O)O)cc2)nc(Nc2cc(C(=O)O)cc(C(=O)O)c2)n1. The molecular formula is C21H22N6O9S2. The smallest absolute Gasteiger partial charge is 0.335 e. The maximum Gasteiger partial charge on any atom is 0.335 e. The predicted octanol–water partition coefficient (Wildman–Crippen LogP) is 1.48. The van der Waals surface area contributed by atoms with E-state index in [1.807, 2.05) is 0 Å². The minimum atomic E-state index is -4.39. The lowest BCUT2D eigenvalue weighted by atomic mass is 10.1. The maximum atomic E-state index is 11.4. The van der Waals surface area contributed by atoms with Crippen LogP contribution in [-0.2, 0) is 26.6 Å². The fourth-order valence-electron chi connectivity index (χ4n) is 3.06. The number of aromatic carboxylic acids is 2. The molecule has 0 bridgehead atoms. The molecule has 0 spiro atoms. The topological polar surface area (TPSA) is 238 Å². The number of nitrogens with zero attached hydrogens (tertiary/aromatic N) is 3. The highest BCUT2D eigenvalue weighted by Gasteiger charge is 2.14. The number of anilines is 4. The van der Waals surface area contributed by atoms with Crippen molar-refractivity contribution in [2.45, 2.75) is 17.7 Å². The largest absolute Gasteiger partial charge is 0.478 e. The van der Waals surface area contributed by atoms with Crippen molar-refractivity contribution in [2.24, 2.45) is 0 Å². The molecule has 202 valence electrons. The van der Waals surface area contributed by atoms with Crippen molar-refractivity contribution in [2.75, 3.05) is 23.4 Å². The lowest BCUT2D eigenvalue weighted by Gasteiger charge is -2.12. The van der Waals surface area contributed by atoms with Crippen molar-refractivity contribution >= 4 is 55.4 Å². The number of aryl methyl sites for hydroxylation is 1. The normalized spacial score (nSPS) is 11.6. The summed E-state index contributed by atoms with van der Waals surface area (Å²) in [5.74, 6) is -2.58. The summed E-state index contributed by atoms with van der Waals surface area (Å²) in [6.07, 6.45) is 1.53. The van der Waals surface area contributed by atoms with E-state index in [0.29, 0.717) is 12.1 Å². The minimum Gasteiger partial charge on any atom is -0.478 e. The van der Waals surface area contributed by atoms with Crippen molar-refractivity contribution < 1.29 is 41.2 Å². The third kappa shape index (κ3) is 8.44. The third-order valence-electron chi connectivity index (χ3n) is 4.71. The molecule has 15 nitrogen and oxygen atoms in total. The summed E-state index contributed by atoms with van der Waals surface area (Å²) < 4.78 is 56.6. The van der Waals surface area contributed by atoms with Crippen LogP contribution in [0.2, 0.25) is 0 Å². The number of carboxylic acid groups (broad SMARTS) is 2. The monoisotopic (exact) mass is 566 g/mol. The predicted molar refractivity (Wildman–Crippen MR) is 134 cm³/mol. The maximum absolute atomic E-state index is 11.4. The van der Waals surface area contributed by atoms with E-state index in [1.54, 1.807) is 0 Å². The summed E-state index contributed by atoms with van der Waals surface area (Å²) in [4.78, 5) is 35.2. The van der Waals surface area contributed by atoms with Crippen LogP contribution in [0.4, 0.5) is 23.3 Å². The second-order valence-electron chi connectivity index (χ2n) is 7.83. The summed E-state index contributed by atoms with van der Waals surface area (Å²) in [7, 11) is -7.79. The fraction of sp³-hybridized carbons (Fsp3) is 0.190. The lowest BCUT2D eigenvalue weighted by Crippen LogP contribution is -2.23. The molecule has 1 aromatic heterocycles. The van der Waals surface area contributed by atoms with Gasteiger partial charge in [0, 0.05) is 24.3 Å². The van der Waals surface area contributed by atoms with Crippen LogP contribution in [0.5, 0.6) is 0 Å². The Kier molecular flexibility index (Phi) is 8.56. The van der Waals surface area contributed by atoms with E-state index in [4.69, 9.17) is 4.55 Å². The third-order valence-corrected chi connectivity index (χ3v) is 6.31. The van der Waals surface area contributed by atoms with Gasteiger partial charge in [-0.15, -0.1) is 0 Å². The second kappa shape index (κ2) is 11.5. The molecule has 1 heterocycles. The van der Waals surface area contributed by atoms with E-state index in [2.05, 4.69) is 30.3 Å². The van der Waals surface area contributed by atoms with Gasteiger partial charge in [-0.1, -0.05) is 0 Å². The molecular weight excluding hydrogens is 544 g/mol. The van der Waals surface area contributed by atoms with Gasteiger partial charge >= 0.3 is 11.9 Å². The Bertz CT molecular complexity index is 1540. The van der Waals surface area contributed by atoms with Crippen LogP contribution >= 0.6 is 0 Å². The molecule has 3 rings (SSSR count). The van der Waals surface area contributed by atoms with Crippen LogP contribution in [0.15, 0.2) is 47.4 Å². The first-order valence-electron chi connectivity index (χ1n) is 10.6. The molecule has 17 heteroatoms. The Morgan fingerprint density at radius 1 is 0.816 bits per heavy atom. The molecule has 0 aliphatic carbocycles. The molecule has 0 aliphatic heterocycles. The first-order chi connectivity index (χ1) is 17.7. The van der Waals surface area contributed by atoms with Crippen LogP contribution in [0.1, 0.15) is 33.0 Å². The average molecular weight is 567 g/mol. The Morgan fingerprint density at radius 3 is 1.82 bits per heavy atom. The number of carbonyl (C=O) groups is 2. The molecule has 2 aromatic carbocycles. The van der Waals surface area contributed by atoms with Crippen molar-refractivity contribution in [1.29, 1.82) is 0 Å². The van der Waals surface area contributed by atoms with Gasteiger partial charge in [-0.2, -0.15) is 23.4 Å². The van der Waals surface area contributed by atoms with Gasteiger partial charge < -0.3 is 20.8 Å². The highest BCUT2D eigenvalue weighted by atomic mass is 32.2. The van der Waals surface area contributed by atoms with Crippen molar-refractivity contribution in [3.8, 4) is 0 Å². The van der Waals surface area contributed by atoms with E-state index in [1.165, 1.54) is 24.3 Å². The van der Waals surface area contributed by atoms with Gasteiger partial charge in [0.05, 0.1) is 22.3 Å². The zero-order chi connectivity index (χ0) is 28.1. The van der Waals surface area contributed by atoms with Gasteiger partial charge in [-0.3, -0.25) is 4.55 Å². The summed E-state index contributed by atoms with van der Waals surface area (Å²) in [6, 6.07) is 8.38. The van der Waals surface area contributed by atoms with Crippen molar-refractivity contribution in [3.63, 3.8) is 0 Å². The Labute approximate surface area is 216 Å². The number of rotatable bonds is 12. The van der Waals surface area contributed by atoms with Gasteiger partial charge in [0.15, 0.2) is 0 Å². The molecule has 0 amide bonds. The van der Waals surface area contributed by atoms with Gasteiger partial charge in [0.1, 0.15) is 5.82 Å². The zero-order valence-corrected chi connectivity index (χ0v) is 21.2.